The highest BCUT2D eigenvalue weighted by atomic mass is 32.2. The summed E-state index contributed by atoms with van der Waals surface area (Å²) < 4.78 is 12.4. The van der Waals surface area contributed by atoms with E-state index in [1.807, 2.05) is 6.08 Å². The van der Waals surface area contributed by atoms with E-state index in [0.29, 0.717) is 10.8 Å². The molecule has 0 aliphatic rings. The highest BCUT2D eigenvalue weighted by Crippen LogP contribution is 2.37. The first-order valence-electron chi connectivity index (χ1n) is 8.66. The Labute approximate surface area is 146 Å². The van der Waals surface area contributed by atoms with E-state index in [4.69, 9.17) is 0 Å². The summed E-state index contributed by atoms with van der Waals surface area (Å²) >= 11 is 0. The summed E-state index contributed by atoms with van der Waals surface area (Å²) in [5.74, 6) is 0.0158. The van der Waals surface area contributed by atoms with Crippen LogP contribution in [0.4, 0.5) is 0 Å². The third kappa shape index (κ3) is 4.84. The minimum Gasteiger partial charge on any atom is -0.507 e. The molecule has 0 bridgehead atoms. The Bertz CT molecular complexity index is 722. The van der Waals surface area contributed by atoms with Gasteiger partial charge in [0, 0.05) is 22.2 Å². The van der Waals surface area contributed by atoms with Crippen LogP contribution >= 0.6 is 0 Å². The average molecular weight is 346 g/mol. The number of benzene rings is 2. The summed E-state index contributed by atoms with van der Waals surface area (Å²) in [6.45, 7) is 2.21. The van der Waals surface area contributed by atoms with Crippen molar-refractivity contribution in [2.45, 2.75) is 56.8 Å². The van der Waals surface area contributed by atoms with Gasteiger partial charge in [0.05, 0.1) is 15.7 Å². The topological polar surface area (TPSA) is 57.5 Å². The van der Waals surface area contributed by atoms with Gasteiger partial charge in [0.2, 0.25) is 0 Å². The molecule has 0 aliphatic carbocycles. The first-order valence-corrected chi connectivity index (χ1v) is 9.87. The zero-order valence-electron chi connectivity index (χ0n) is 14.2. The zero-order chi connectivity index (χ0) is 17.4. The van der Waals surface area contributed by atoms with Gasteiger partial charge in [-0.25, -0.2) is 4.21 Å². The second-order valence-corrected chi connectivity index (χ2v) is 7.32. The quantitative estimate of drug-likeness (QED) is 0.457. The molecule has 0 radical (unpaired) electrons. The SMILES string of the molecule is CCCCCCCC/C=C/S(=O)c1cc(O)c2ccccc2c1O. The monoisotopic (exact) mass is 346 g/mol. The van der Waals surface area contributed by atoms with Crippen molar-refractivity contribution < 1.29 is 14.4 Å². The maximum atomic E-state index is 12.4. The molecule has 1 atom stereocenters. The maximum absolute atomic E-state index is 12.4. The van der Waals surface area contributed by atoms with Gasteiger partial charge >= 0.3 is 0 Å². The van der Waals surface area contributed by atoms with Crippen molar-refractivity contribution in [1.29, 1.82) is 0 Å². The van der Waals surface area contributed by atoms with Crippen LogP contribution in [0.2, 0.25) is 0 Å². The Hall–Kier alpha value is -1.81. The minimum atomic E-state index is -1.46. The van der Waals surface area contributed by atoms with Crippen molar-refractivity contribution >= 4 is 21.6 Å². The molecule has 24 heavy (non-hydrogen) atoms. The lowest BCUT2D eigenvalue weighted by atomic mass is 10.1. The molecule has 0 spiro atoms. The molecule has 0 fully saturated rings. The average Bonchev–Trinajstić information content (AvgIpc) is 2.60. The van der Waals surface area contributed by atoms with E-state index < -0.39 is 10.8 Å². The summed E-state index contributed by atoms with van der Waals surface area (Å²) in [7, 11) is -1.46. The third-order valence-electron chi connectivity index (χ3n) is 4.12. The number of fused-ring (bicyclic) bond motifs is 1. The summed E-state index contributed by atoms with van der Waals surface area (Å²) in [6, 6.07) is 8.40. The number of hydrogen-bond acceptors (Lipinski definition) is 3. The Morgan fingerprint density at radius 1 is 1.00 bits per heavy atom. The second-order valence-electron chi connectivity index (χ2n) is 6.01. The second kappa shape index (κ2) is 9.48. The van der Waals surface area contributed by atoms with Crippen LogP contribution < -0.4 is 0 Å². The Morgan fingerprint density at radius 3 is 2.42 bits per heavy atom. The number of allylic oxidation sites excluding steroid dienone is 1. The molecule has 2 aromatic rings. The molecule has 130 valence electrons. The molecule has 3 nitrogen and oxygen atoms in total. The van der Waals surface area contributed by atoms with Crippen LogP contribution in [0.1, 0.15) is 51.9 Å². The van der Waals surface area contributed by atoms with E-state index in [0.717, 1.165) is 12.8 Å². The lowest BCUT2D eigenvalue weighted by molar-refractivity contribution is 0.457. The van der Waals surface area contributed by atoms with E-state index >= 15 is 0 Å². The van der Waals surface area contributed by atoms with Gasteiger partial charge in [-0.15, -0.1) is 0 Å². The summed E-state index contributed by atoms with van der Waals surface area (Å²) in [5.41, 5.74) is 0. The van der Waals surface area contributed by atoms with E-state index in [1.54, 1.807) is 29.7 Å². The number of phenolic OH excluding ortho intramolecular Hbond substituents is 2. The number of phenols is 2. The largest absolute Gasteiger partial charge is 0.507 e. The summed E-state index contributed by atoms with van der Waals surface area (Å²) in [5, 5.41) is 23.1. The molecule has 2 rings (SSSR count). The fourth-order valence-electron chi connectivity index (χ4n) is 2.74. The van der Waals surface area contributed by atoms with Gasteiger partial charge in [0.15, 0.2) is 0 Å². The predicted octanol–water partition coefficient (Wildman–Crippen LogP) is 5.62. The molecular weight excluding hydrogens is 320 g/mol. The van der Waals surface area contributed by atoms with Crippen molar-refractivity contribution in [3.63, 3.8) is 0 Å². The molecule has 1 unspecified atom stereocenters. The van der Waals surface area contributed by atoms with Gasteiger partial charge in [-0.05, 0) is 12.8 Å². The first kappa shape index (κ1) is 18.5. The van der Waals surface area contributed by atoms with E-state index in [2.05, 4.69) is 6.92 Å². The fourth-order valence-corrected chi connectivity index (χ4v) is 3.73. The highest BCUT2D eigenvalue weighted by molar-refractivity contribution is 7.88. The van der Waals surface area contributed by atoms with Crippen LogP contribution in [0, 0.1) is 0 Å². The van der Waals surface area contributed by atoms with Crippen LogP contribution in [-0.4, -0.2) is 14.4 Å². The predicted molar refractivity (Wildman–Crippen MR) is 101 cm³/mol. The lowest BCUT2D eigenvalue weighted by Gasteiger charge is -2.08. The number of unbranched alkanes of at least 4 members (excludes halogenated alkanes) is 6. The Balaban J connectivity index is 1.96. The molecule has 0 aromatic heterocycles. The molecule has 0 saturated heterocycles. The smallest absolute Gasteiger partial charge is 0.140 e. The minimum absolute atomic E-state index is 0.0223. The first-order chi connectivity index (χ1) is 11.6. The van der Waals surface area contributed by atoms with Crippen LogP contribution in [0.5, 0.6) is 11.5 Å². The van der Waals surface area contributed by atoms with Gasteiger partial charge in [-0.1, -0.05) is 69.4 Å². The molecule has 0 aliphatic heterocycles. The number of rotatable bonds is 9. The molecule has 2 N–H and O–H groups in total. The molecule has 0 saturated carbocycles. The van der Waals surface area contributed by atoms with Gasteiger partial charge in [0.25, 0.3) is 0 Å². The molecular formula is C20H26O3S. The standard InChI is InChI=1S/C20H26O3S/c1-2-3-4-5-6-7-8-11-14-24(23)19-15-18(21)16-12-9-10-13-17(16)20(19)22/h9-15,21-22H,2-8H2,1H3/b14-11+. The van der Waals surface area contributed by atoms with Crippen molar-refractivity contribution in [2.75, 3.05) is 0 Å². The normalized spacial score (nSPS) is 12.9. The maximum Gasteiger partial charge on any atom is 0.140 e. The van der Waals surface area contributed by atoms with E-state index in [-0.39, 0.29) is 16.4 Å². The van der Waals surface area contributed by atoms with E-state index in [1.165, 1.54) is 38.2 Å². The van der Waals surface area contributed by atoms with Crippen molar-refractivity contribution in [2.24, 2.45) is 0 Å². The Kier molecular flexibility index (Phi) is 7.32. The number of hydrogen-bond donors (Lipinski definition) is 2. The van der Waals surface area contributed by atoms with Crippen molar-refractivity contribution in [3.05, 3.63) is 41.8 Å². The van der Waals surface area contributed by atoms with Gasteiger partial charge < -0.3 is 10.2 Å². The molecule has 2 aromatic carbocycles. The van der Waals surface area contributed by atoms with Gasteiger partial charge in [-0.3, -0.25) is 0 Å². The zero-order valence-corrected chi connectivity index (χ0v) is 15.0. The summed E-state index contributed by atoms with van der Waals surface area (Å²) in [4.78, 5) is 0.255. The highest BCUT2D eigenvalue weighted by Gasteiger charge is 2.14. The van der Waals surface area contributed by atoms with Crippen molar-refractivity contribution in [1.82, 2.24) is 0 Å². The van der Waals surface area contributed by atoms with Gasteiger partial charge in [0.1, 0.15) is 11.5 Å². The number of aromatic hydroxyl groups is 2. The fraction of sp³-hybridized carbons (Fsp3) is 0.400. The lowest BCUT2D eigenvalue weighted by Crippen LogP contribution is -1.89. The third-order valence-corrected chi connectivity index (χ3v) is 5.30. The van der Waals surface area contributed by atoms with Crippen molar-refractivity contribution in [3.8, 4) is 11.5 Å². The van der Waals surface area contributed by atoms with Crippen LogP contribution in [0.15, 0.2) is 46.7 Å². The molecule has 0 heterocycles. The Morgan fingerprint density at radius 2 is 1.67 bits per heavy atom. The van der Waals surface area contributed by atoms with E-state index in [9.17, 15) is 14.4 Å². The summed E-state index contributed by atoms with van der Waals surface area (Å²) in [6.07, 6.45) is 10.2. The van der Waals surface area contributed by atoms with Crippen LogP contribution in [0.25, 0.3) is 10.8 Å². The molecule has 0 amide bonds. The van der Waals surface area contributed by atoms with Crippen LogP contribution in [-0.2, 0) is 10.8 Å². The van der Waals surface area contributed by atoms with Crippen LogP contribution in [0.3, 0.4) is 0 Å². The van der Waals surface area contributed by atoms with Gasteiger partial charge in [-0.2, -0.15) is 0 Å². The molecule has 4 heteroatoms.